The Kier molecular flexibility index (Phi) is 8.77. The predicted molar refractivity (Wildman–Crippen MR) is 94.8 cm³/mol. The zero-order valence-electron chi connectivity index (χ0n) is 13.3. The molecule has 4 N–H and O–H groups in total. The summed E-state index contributed by atoms with van der Waals surface area (Å²) in [6, 6.07) is 6.22. The van der Waals surface area contributed by atoms with Crippen LogP contribution in [-0.2, 0) is 9.13 Å². The minimum atomic E-state index is -4.83. The number of unbranched alkanes of at least 4 members (excludes halogenated alkanes) is 3. The Morgan fingerprint density at radius 2 is 1.48 bits per heavy atom. The maximum Gasteiger partial charge on any atom is 0.340 e. The highest BCUT2D eigenvalue weighted by Crippen LogP contribution is 2.61. The predicted octanol–water partition coefficient (Wildman–Crippen LogP) is 3.32. The third-order valence-electron chi connectivity index (χ3n) is 3.45. The Morgan fingerprint density at radius 3 is 1.96 bits per heavy atom. The molecule has 0 aromatic heterocycles. The molecule has 0 unspecified atom stereocenters. The van der Waals surface area contributed by atoms with Crippen molar-refractivity contribution in [2.45, 2.75) is 42.4 Å². The van der Waals surface area contributed by atoms with Crippen molar-refractivity contribution in [1.82, 2.24) is 0 Å². The van der Waals surface area contributed by atoms with Gasteiger partial charge in [0.1, 0.15) is 0 Å². The van der Waals surface area contributed by atoms with E-state index in [0.29, 0.717) is 12.8 Å². The zero-order chi connectivity index (χ0) is 19.1. The molecule has 0 heterocycles. The van der Waals surface area contributed by atoms with E-state index in [1.807, 2.05) is 0 Å². The molecule has 0 radical (unpaired) electrons. The number of non-ortho nitro benzene ring substituents is 1. The molecule has 0 fully saturated rings. The molecule has 142 valence electrons. The van der Waals surface area contributed by atoms with Gasteiger partial charge in [0.25, 0.3) is 5.69 Å². The summed E-state index contributed by atoms with van der Waals surface area (Å²) in [6.07, 6.45) is 2.29. The van der Waals surface area contributed by atoms with Crippen LogP contribution in [0, 0.1) is 10.1 Å². The van der Waals surface area contributed by atoms with E-state index < -0.39 is 25.5 Å². The van der Waals surface area contributed by atoms with Crippen molar-refractivity contribution in [2.24, 2.45) is 0 Å². The summed E-state index contributed by atoms with van der Waals surface area (Å²) in [6.45, 7) is 0. The van der Waals surface area contributed by atoms with Crippen molar-refractivity contribution in [3.8, 4) is 0 Å². The highest BCUT2D eigenvalue weighted by molar-refractivity contribution is 7.99. The lowest BCUT2D eigenvalue weighted by atomic mass is 10.2. The van der Waals surface area contributed by atoms with Crippen LogP contribution in [0.15, 0.2) is 29.2 Å². The highest BCUT2D eigenvalue weighted by atomic mass is 32.2. The van der Waals surface area contributed by atoms with Gasteiger partial charge in [-0.25, -0.2) is 0 Å². The van der Waals surface area contributed by atoms with Gasteiger partial charge in [-0.2, -0.15) is 0 Å². The van der Waals surface area contributed by atoms with E-state index in [0.717, 1.165) is 23.5 Å². The summed E-state index contributed by atoms with van der Waals surface area (Å²) in [5.41, 5.74) is 0.0361. The third kappa shape index (κ3) is 8.46. The first-order chi connectivity index (χ1) is 11.5. The molecule has 1 aromatic rings. The summed E-state index contributed by atoms with van der Waals surface area (Å²) in [5.74, 6) is 0.776. The molecule has 12 heteroatoms. The minimum absolute atomic E-state index is 0.0361. The van der Waals surface area contributed by atoms with E-state index >= 15 is 0 Å². The molecule has 9 nitrogen and oxygen atoms in total. The highest BCUT2D eigenvalue weighted by Gasteiger charge is 2.42. The second kappa shape index (κ2) is 9.83. The van der Waals surface area contributed by atoms with Gasteiger partial charge in [0.2, 0.25) is 0 Å². The van der Waals surface area contributed by atoms with Crippen LogP contribution in [0.3, 0.4) is 0 Å². The fourth-order valence-corrected chi connectivity index (χ4v) is 5.69. The number of nitro benzene ring substituents is 1. The third-order valence-corrected chi connectivity index (χ3v) is 8.42. The first-order valence-corrected chi connectivity index (χ1v) is 11.8. The van der Waals surface area contributed by atoms with Crippen molar-refractivity contribution in [2.75, 3.05) is 5.75 Å². The second-order valence-electron chi connectivity index (χ2n) is 5.46. The van der Waals surface area contributed by atoms with Gasteiger partial charge in [-0.3, -0.25) is 19.2 Å². The van der Waals surface area contributed by atoms with Crippen LogP contribution in [0.4, 0.5) is 5.69 Å². The van der Waals surface area contributed by atoms with Crippen molar-refractivity contribution in [3.05, 3.63) is 34.4 Å². The molecule has 25 heavy (non-hydrogen) atoms. The number of thioether (sulfide) groups is 1. The van der Waals surface area contributed by atoms with Gasteiger partial charge in [-0.05, 0) is 30.7 Å². The van der Waals surface area contributed by atoms with Gasteiger partial charge in [-0.1, -0.05) is 19.3 Å². The van der Waals surface area contributed by atoms with Crippen LogP contribution in [0.2, 0.25) is 0 Å². The first-order valence-electron chi connectivity index (χ1n) is 7.49. The smallest absolute Gasteiger partial charge is 0.324 e. The van der Waals surface area contributed by atoms with Gasteiger partial charge in [0.05, 0.1) is 4.92 Å². The Bertz CT molecular complexity index is 634. The Balaban J connectivity index is 2.25. The lowest BCUT2D eigenvalue weighted by molar-refractivity contribution is -0.384. The molecule has 0 saturated heterocycles. The summed E-state index contributed by atoms with van der Waals surface area (Å²) in [5, 5.41) is 8.62. The normalized spacial score (nSPS) is 12.5. The number of hydrogen-bond acceptors (Lipinski definition) is 5. The quantitative estimate of drug-likeness (QED) is 0.140. The molecule has 0 atom stereocenters. The van der Waals surface area contributed by atoms with E-state index in [1.54, 1.807) is 23.9 Å². The lowest BCUT2D eigenvalue weighted by Crippen LogP contribution is -2.09. The van der Waals surface area contributed by atoms with Crippen LogP contribution in [0.1, 0.15) is 32.1 Å². The monoisotopic (exact) mass is 413 g/mol. The lowest BCUT2D eigenvalue weighted by Gasteiger charge is -2.19. The zero-order valence-corrected chi connectivity index (χ0v) is 15.9. The summed E-state index contributed by atoms with van der Waals surface area (Å²) in [7, 11) is -9.65. The SMILES string of the molecule is O=[N+]([O-])c1ccc(SCCCCCCC(P(=O)(O)O)P(=O)(O)O)cc1. The molecule has 0 saturated carbocycles. The number of rotatable bonds is 11. The van der Waals surface area contributed by atoms with Crippen molar-refractivity contribution in [3.63, 3.8) is 0 Å². The van der Waals surface area contributed by atoms with Crippen molar-refractivity contribution < 1.29 is 33.6 Å². The fourth-order valence-electron chi connectivity index (χ4n) is 2.17. The van der Waals surface area contributed by atoms with Gasteiger partial charge in [0, 0.05) is 17.0 Å². The van der Waals surface area contributed by atoms with Crippen LogP contribution in [-0.4, -0.2) is 35.6 Å². The van der Waals surface area contributed by atoms with Crippen molar-refractivity contribution >= 4 is 32.6 Å². The molecule has 1 aromatic carbocycles. The largest absolute Gasteiger partial charge is 0.340 e. The topological polar surface area (TPSA) is 158 Å². The number of nitrogens with zero attached hydrogens (tertiary/aromatic N) is 1. The van der Waals surface area contributed by atoms with Gasteiger partial charge >= 0.3 is 15.2 Å². The maximum atomic E-state index is 11.1. The van der Waals surface area contributed by atoms with Gasteiger partial charge in [0.15, 0.2) is 5.40 Å². The van der Waals surface area contributed by atoms with Gasteiger partial charge in [-0.15, -0.1) is 11.8 Å². The molecule has 1 rings (SSSR count). The van der Waals surface area contributed by atoms with E-state index in [1.165, 1.54) is 12.1 Å². The Labute approximate surface area is 149 Å². The fraction of sp³-hybridized carbons (Fsp3) is 0.538. The molecule has 0 aliphatic rings. The number of hydrogen-bond donors (Lipinski definition) is 4. The van der Waals surface area contributed by atoms with E-state index in [9.17, 15) is 19.2 Å². The molecule has 0 amide bonds. The molecular formula is C13H21NO8P2S. The minimum Gasteiger partial charge on any atom is -0.324 e. The molecule has 0 aliphatic carbocycles. The van der Waals surface area contributed by atoms with Gasteiger partial charge < -0.3 is 19.6 Å². The van der Waals surface area contributed by atoms with Crippen LogP contribution >= 0.6 is 27.0 Å². The molecular weight excluding hydrogens is 392 g/mol. The van der Waals surface area contributed by atoms with Crippen LogP contribution in [0.5, 0.6) is 0 Å². The molecule has 0 bridgehead atoms. The van der Waals surface area contributed by atoms with E-state index in [2.05, 4.69) is 0 Å². The van der Waals surface area contributed by atoms with Crippen LogP contribution < -0.4 is 0 Å². The molecule has 0 aliphatic heterocycles. The maximum absolute atomic E-state index is 11.1. The second-order valence-corrected chi connectivity index (χ2v) is 10.6. The summed E-state index contributed by atoms with van der Waals surface area (Å²) >= 11 is 1.54. The Morgan fingerprint density at radius 1 is 0.960 bits per heavy atom. The number of nitro groups is 1. The average Bonchev–Trinajstić information content (AvgIpc) is 2.47. The van der Waals surface area contributed by atoms with Crippen molar-refractivity contribution in [1.29, 1.82) is 0 Å². The average molecular weight is 413 g/mol. The summed E-state index contributed by atoms with van der Waals surface area (Å²) in [4.78, 5) is 47.0. The summed E-state index contributed by atoms with van der Waals surface area (Å²) < 4.78 is 22.2. The van der Waals surface area contributed by atoms with Crippen LogP contribution in [0.25, 0.3) is 0 Å². The Hall–Kier alpha value is -0.730. The van der Waals surface area contributed by atoms with E-state index in [-0.39, 0.29) is 12.1 Å². The molecule has 0 spiro atoms. The first kappa shape index (κ1) is 22.3. The standard InChI is InChI=1S/C13H21NO8P2S/c15-14(16)11-6-8-12(9-7-11)25-10-4-2-1-3-5-13(23(17,18)19)24(20,21)22/h6-9,13H,1-5,10H2,(H2,17,18,19)(H2,20,21,22). The number of benzene rings is 1. The van der Waals surface area contributed by atoms with E-state index in [4.69, 9.17) is 19.6 Å².